The Labute approximate surface area is 156 Å². The Kier molecular flexibility index (Phi) is 5.96. The molecule has 2 aromatic rings. The molecule has 0 aliphatic carbocycles. The number of benzene rings is 2. The van der Waals surface area contributed by atoms with Crippen LogP contribution < -0.4 is 9.47 Å². The molecule has 0 saturated carbocycles. The van der Waals surface area contributed by atoms with Crippen molar-refractivity contribution in [2.45, 2.75) is 0 Å². The molecule has 1 fully saturated rings. The minimum atomic E-state index is -0.402. The van der Waals surface area contributed by atoms with E-state index in [2.05, 4.69) is 0 Å². The summed E-state index contributed by atoms with van der Waals surface area (Å²) < 4.78 is 10.8. The van der Waals surface area contributed by atoms with Crippen molar-refractivity contribution < 1.29 is 19.1 Å². The van der Waals surface area contributed by atoms with E-state index in [-0.39, 0.29) is 12.5 Å². The van der Waals surface area contributed by atoms with Gasteiger partial charge >= 0.3 is 6.09 Å². The number of para-hydroxylation sites is 1. The van der Waals surface area contributed by atoms with Crippen LogP contribution >= 0.6 is 11.6 Å². The summed E-state index contributed by atoms with van der Waals surface area (Å²) in [6, 6.07) is 15.8. The first-order valence-electron chi connectivity index (χ1n) is 8.30. The fraction of sp³-hybridized carbons (Fsp3) is 0.263. The highest BCUT2D eigenvalue weighted by Crippen LogP contribution is 2.16. The third-order valence-electron chi connectivity index (χ3n) is 4.01. The first-order chi connectivity index (χ1) is 12.6. The Bertz CT molecular complexity index is 744. The maximum atomic E-state index is 12.2. The van der Waals surface area contributed by atoms with E-state index in [1.807, 2.05) is 6.07 Å². The number of rotatable bonds is 4. The molecule has 1 saturated heterocycles. The molecule has 0 spiro atoms. The summed E-state index contributed by atoms with van der Waals surface area (Å²) in [6.07, 6.45) is -0.402. The molecule has 7 heteroatoms. The molecule has 26 heavy (non-hydrogen) atoms. The van der Waals surface area contributed by atoms with Crippen LogP contribution in [0.1, 0.15) is 0 Å². The van der Waals surface area contributed by atoms with E-state index < -0.39 is 6.09 Å². The zero-order chi connectivity index (χ0) is 18.4. The van der Waals surface area contributed by atoms with Crippen molar-refractivity contribution in [3.05, 3.63) is 59.6 Å². The van der Waals surface area contributed by atoms with Gasteiger partial charge in [-0.05, 0) is 36.4 Å². The van der Waals surface area contributed by atoms with Crippen molar-refractivity contribution in [1.29, 1.82) is 0 Å². The van der Waals surface area contributed by atoms with E-state index in [0.717, 1.165) is 0 Å². The van der Waals surface area contributed by atoms with Gasteiger partial charge in [-0.2, -0.15) is 0 Å². The average Bonchev–Trinajstić information content (AvgIpc) is 2.68. The fourth-order valence-corrected chi connectivity index (χ4v) is 2.69. The summed E-state index contributed by atoms with van der Waals surface area (Å²) in [5.41, 5.74) is 0. The smallest absolute Gasteiger partial charge is 0.415 e. The molecule has 1 heterocycles. The van der Waals surface area contributed by atoms with E-state index in [0.29, 0.717) is 42.7 Å². The van der Waals surface area contributed by atoms with Gasteiger partial charge in [0.1, 0.15) is 11.5 Å². The van der Waals surface area contributed by atoms with Crippen LogP contribution in [0.3, 0.4) is 0 Å². The predicted molar refractivity (Wildman–Crippen MR) is 97.6 cm³/mol. The first-order valence-corrected chi connectivity index (χ1v) is 8.67. The van der Waals surface area contributed by atoms with Crippen LogP contribution in [0.5, 0.6) is 11.5 Å². The van der Waals surface area contributed by atoms with Crippen LogP contribution in [0.25, 0.3) is 0 Å². The van der Waals surface area contributed by atoms with Crippen LogP contribution in [0, 0.1) is 0 Å². The molecular weight excluding hydrogens is 356 g/mol. The van der Waals surface area contributed by atoms with Crippen molar-refractivity contribution >= 4 is 23.6 Å². The van der Waals surface area contributed by atoms with Crippen molar-refractivity contribution in [3.63, 3.8) is 0 Å². The number of amides is 2. The van der Waals surface area contributed by atoms with Gasteiger partial charge in [0, 0.05) is 31.2 Å². The van der Waals surface area contributed by atoms with Gasteiger partial charge in [0.15, 0.2) is 6.61 Å². The SMILES string of the molecule is O=C(COc1ccc(Cl)cc1)N1CCN(C(=O)Oc2ccccc2)CC1. The average molecular weight is 375 g/mol. The summed E-state index contributed by atoms with van der Waals surface area (Å²) in [7, 11) is 0. The molecule has 3 rings (SSSR count). The van der Waals surface area contributed by atoms with Crippen LogP contribution in [-0.2, 0) is 4.79 Å². The Hall–Kier alpha value is -2.73. The van der Waals surface area contributed by atoms with Gasteiger partial charge in [0.25, 0.3) is 5.91 Å². The second kappa shape index (κ2) is 8.58. The minimum Gasteiger partial charge on any atom is -0.484 e. The van der Waals surface area contributed by atoms with Crippen molar-refractivity contribution in [2.75, 3.05) is 32.8 Å². The second-order valence-electron chi connectivity index (χ2n) is 5.79. The number of halogens is 1. The molecule has 0 radical (unpaired) electrons. The third kappa shape index (κ3) is 4.89. The highest BCUT2D eigenvalue weighted by molar-refractivity contribution is 6.30. The molecule has 6 nitrogen and oxygen atoms in total. The lowest BCUT2D eigenvalue weighted by molar-refractivity contribution is -0.134. The molecule has 2 aromatic carbocycles. The number of nitrogens with zero attached hydrogens (tertiary/aromatic N) is 2. The highest BCUT2D eigenvalue weighted by atomic mass is 35.5. The van der Waals surface area contributed by atoms with Gasteiger partial charge in [-0.15, -0.1) is 0 Å². The standard InChI is InChI=1S/C19H19ClN2O4/c20-15-6-8-16(9-7-15)25-14-18(23)21-10-12-22(13-11-21)19(24)26-17-4-2-1-3-5-17/h1-9H,10-14H2. The number of hydrogen-bond acceptors (Lipinski definition) is 4. The van der Waals surface area contributed by atoms with Gasteiger partial charge in [0.2, 0.25) is 0 Å². The van der Waals surface area contributed by atoms with Gasteiger partial charge in [-0.1, -0.05) is 29.8 Å². The predicted octanol–water partition coefficient (Wildman–Crippen LogP) is 3.06. The minimum absolute atomic E-state index is 0.0455. The molecule has 0 N–H and O–H groups in total. The molecule has 2 amide bonds. The number of carbonyl (C=O) groups is 2. The van der Waals surface area contributed by atoms with Crippen molar-refractivity contribution in [2.24, 2.45) is 0 Å². The zero-order valence-corrected chi connectivity index (χ0v) is 14.9. The molecule has 1 aliphatic heterocycles. The lowest BCUT2D eigenvalue weighted by Gasteiger charge is -2.34. The van der Waals surface area contributed by atoms with Crippen molar-refractivity contribution in [3.8, 4) is 11.5 Å². The maximum absolute atomic E-state index is 12.2. The Morgan fingerprint density at radius 3 is 2.12 bits per heavy atom. The number of ether oxygens (including phenoxy) is 2. The largest absolute Gasteiger partial charge is 0.484 e. The van der Waals surface area contributed by atoms with E-state index in [9.17, 15) is 9.59 Å². The van der Waals surface area contributed by atoms with Gasteiger partial charge < -0.3 is 19.3 Å². The van der Waals surface area contributed by atoms with E-state index in [4.69, 9.17) is 21.1 Å². The number of piperazine rings is 1. The normalized spacial score (nSPS) is 14.0. The van der Waals surface area contributed by atoms with Gasteiger partial charge in [-0.25, -0.2) is 4.79 Å². The Balaban J connectivity index is 1.43. The van der Waals surface area contributed by atoms with Gasteiger partial charge in [-0.3, -0.25) is 4.79 Å². The monoisotopic (exact) mass is 374 g/mol. The van der Waals surface area contributed by atoms with Crippen LogP contribution in [0.2, 0.25) is 5.02 Å². The highest BCUT2D eigenvalue weighted by Gasteiger charge is 2.25. The third-order valence-corrected chi connectivity index (χ3v) is 4.27. The number of carbonyl (C=O) groups excluding carboxylic acids is 2. The van der Waals surface area contributed by atoms with Crippen molar-refractivity contribution in [1.82, 2.24) is 9.80 Å². The van der Waals surface area contributed by atoms with E-state index in [1.165, 1.54) is 0 Å². The molecule has 1 aliphatic rings. The molecule has 0 bridgehead atoms. The summed E-state index contributed by atoms with van der Waals surface area (Å²) in [6.45, 7) is 1.71. The molecule has 0 aromatic heterocycles. The lowest BCUT2D eigenvalue weighted by Crippen LogP contribution is -2.52. The van der Waals surface area contributed by atoms with Crippen LogP contribution in [0.4, 0.5) is 4.79 Å². The summed E-state index contributed by atoms with van der Waals surface area (Å²) in [4.78, 5) is 27.7. The van der Waals surface area contributed by atoms with Crippen LogP contribution in [-0.4, -0.2) is 54.6 Å². The summed E-state index contributed by atoms with van der Waals surface area (Å²) in [5.74, 6) is 0.983. The molecular formula is C19H19ClN2O4. The summed E-state index contributed by atoms with van der Waals surface area (Å²) in [5, 5.41) is 0.613. The second-order valence-corrected chi connectivity index (χ2v) is 6.23. The molecule has 0 atom stereocenters. The number of hydrogen-bond donors (Lipinski definition) is 0. The van der Waals surface area contributed by atoms with E-state index in [1.54, 1.807) is 58.3 Å². The fourth-order valence-electron chi connectivity index (χ4n) is 2.56. The molecule has 0 unspecified atom stereocenters. The lowest BCUT2D eigenvalue weighted by atomic mass is 10.3. The quantitative estimate of drug-likeness (QED) is 0.825. The maximum Gasteiger partial charge on any atom is 0.415 e. The topological polar surface area (TPSA) is 59.1 Å². The molecule has 136 valence electrons. The Morgan fingerprint density at radius 2 is 1.46 bits per heavy atom. The van der Waals surface area contributed by atoms with Gasteiger partial charge in [0.05, 0.1) is 0 Å². The summed E-state index contributed by atoms with van der Waals surface area (Å²) >= 11 is 5.81. The van der Waals surface area contributed by atoms with Crippen LogP contribution in [0.15, 0.2) is 54.6 Å². The van der Waals surface area contributed by atoms with E-state index >= 15 is 0 Å². The first kappa shape index (κ1) is 18.1. The Morgan fingerprint density at radius 1 is 0.846 bits per heavy atom. The zero-order valence-electron chi connectivity index (χ0n) is 14.1.